The number of ketones is 1. The second kappa shape index (κ2) is 4.55. The monoisotopic (exact) mass is 207 g/mol. The summed E-state index contributed by atoms with van der Waals surface area (Å²) in [6, 6.07) is 0. The smallest absolute Gasteiger partial charge is 0.138 e. The fraction of sp³-hybridized carbons (Fsp3) is 0.727. The van der Waals surface area contributed by atoms with Crippen LogP contribution in [0, 0.1) is 5.92 Å². The van der Waals surface area contributed by atoms with Crippen molar-refractivity contribution in [2.75, 3.05) is 0 Å². The average molecular weight is 207 g/mol. The van der Waals surface area contributed by atoms with E-state index in [1.54, 1.807) is 11.0 Å². The highest BCUT2D eigenvalue weighted by Crippen LogP contribution is 2.23. The molecule has 0 saturated heterocycles. The summed E-state index contributed by atoms with van der Waals surface area (Å²) >= 11 is 0. The van der Waals surface area contributed by atoms with Crippen molar-refractivity contribution in [3.8, 4) is 0 Å². The molecule has 1 aromatic rings. The number of hydrogen-bond acceptors (Lipinski definition) is 3. The molecule has 0 aliphatic heterocycles. The summed E-state index contributed by atoms with van der Waals surface area (Å²) in [6.45, 7) is 0. The minimum absolute atomic E-state index is 0.416. The predicted octanol–water partition coefficient (Wildman–Crippen LogP) is 1.51. The molecule has 0 radical (unpaired) electrons. The number of Topliss-reactive ketones (excluding diaryl/α,β-unsaturated/α-hetero) is 1. The lowest BCUT2D eigenvalue weighted by Crippen LogP contribution is -2.11. The molecule has 0 aromatic carbocycles. The first kappa shape index (κ1) is 10.3. The van der Waals surface area contributed by atoms with Crippen LogP contribution in [0.15, 0.2) is 6.33 Å². The predicted molar refractivity (Wildman–Crippen MR) is 56.3 cm³/mol. The molecule has 0 amide bonds. The molecule has 1 heterocycles. The average Bonchev–Trinajstić information content (AvgIpc) is 2.48. The quantitative estimate of drug-likeness (QED) is 0.690. The van der Waals surface area contributed by atoms with Crippen LogP contribution in [0.1, 0.15) is 37.9 Å². The summed E-state index contributed by atoms with van der Waals surface area (Å²) in [6.07, 6.45) is 7.36. The van der Waals surface area contributed by atoms with E-state index < -0.39 is 0 Å². The fourth-order valence-electron chi connectivity index (χ4n) is 2.22. The number of aryl methyl sites for hydroxylation is 1. The maximum absolute atomic E-state index is 11.5. The molecule has 1 saturated carbocycles. The molecule has 1 aliphatic carbocycles. The van der Waals surface area contributed by atoms with Crippen molar-refractivity contribution in [2.24, 2.45) is 13.0 Å². The second-order valence-electron chi connectivity index (χ2n) is 4.36. The standard InChI is InChI=1S/C11H17N3O/c1-14-11(12-8-13-14)7-9-4-2-3-5-10(15)6-9/h8-9H,2-7H2,1H3. The third-order valence-corrected chi connectivity index (χ3v) is 3.11. The first-order valence-electron chi connectivity index (χ1n) is 5.60. The van der Waals surface area contributed by atoms with Crippen LogP contribution >= 0.6 is 0 Å². The van der Waals surface area contributed by atoms with Gasteiger partial charge in [0.25, 0.3) is 0 Å². The maximum Gasteiger partial charge on any atom is 0.138 e. The van der Waals surface area contributed by atoms with Crippen molar-refractivity contribution in [3.63, 3.8) is 0 Å². The highest BCUT2D eigenvalue weighted by Gasteiger charge is 2.19. The van der Waals surface area contributed by atoms with Gasteiger partial charge in [-0.15, -0.1) is 0 Å². The highest BCUT2D eigenvalue weighted by atomic mass is 16.1. The van der Waals surface area contributed by atoms with Crippen LogP contribution in [0.25, 0.3) is 0 Å². The summed E-state index contributed by atoms with van der Waals surface area (Å²) in [7, 11) is 1.90. The Balaban J connectivity index is 1.98. The van der Waals surface area contributed by atoms with Gasteiger partial charge in [0.1, 0.15) is 17.9 Å². The van der Waals surface area contributed by atoms with Crippen LogP contribution < -0.4 is 0 Å². The molecule has 1 fully saturated rings. The first-order chi connectivity index (χ1) is 7.25. The van der Waals surface area contributed by atoms with Gasteiger partial charge in [-0.05, 0) is 18.8 Å². The molecule has 0 bridgehead atoms. The van der Waals surface area contributed by atoms with Crippen LogP contribution in [-0.2, 0) is 18.3 Å². The number of rotatable bonds is 2. The Kier molecular flexibility index (Phi) is 3.14. The van der Waals surface area contributed by atoms with E-state index in [9.17, 15) is 4.79 Å². The van der Waals surface area contributed by atoms with E-state index in [2.05, 4.69) is 10.1 Å². The van der Waals surface area contributed by atoms with Crippen molar-refractivity contribution in [1.29, 1.82) is 0 Å². The summed E-state index contributed by atoms with van der Waals surface area (Å²) in [5.74, 6) is 1.89. The van der Waals surface area contributed by atoms with Gasteiger partial charge in [-0.1, -0.05) is 6.42 Å². The molecule has 1 aliphatic rings. The zero-order valence-electron chi connectivity index (χ0n) is 9.15. The normalized spacial score (nSPS) is 22.7. The van der Waals surface area contributed by atoms with Gasteiger partial charge in [0.15, 0.2) is 0 Å². The molecule has 1 aromatic heterocycles. The first-order valence-corrected chi connectivity index (χ1v) is 5.60. The fourth-order valence-corrected chi connectivity index (χ4v) is 2.22. The van der Waals surface area contributed by atoms with E-state index in [4.69, 9.17) is 0 Å². The minimum atomic E-state index is 0.416. The second-order valence-corrected chi connectivity index (χ2v) is 4.36. The topological polar surface area (TPSA) is 47.8 Å². The van der Waals surface area contributed by atoms with Crippen LogP contribution in [-0.4, -0.2) is 20.5 Å². The number of nitrogens with zero attached hydrogens (tertiary/aromatic N) is 3. The van der Waals surface area contributed by atoms with E-state index in [-0.39, 0.29) is 0 Å². The molecule has 15 heavy (non-hydrogen) atoms. The number of aromatic nitrogens is 3. The third-order valence-electron chi connectivity index (χ3n) is 3.11. The van der Waals surface area contributed by atoms with Crippen LogP contribution in [0.3, 0.4) is 0 Å². The zero-order chi connectivity index (χ0) is 10.7. The molecular weight excluding hydrogens is 190 g/mol. The molecule has 1 atom stereocenters. The van der Waals surface area contributed by atoms with Crippen molar-refractivity contribution in [3.05, 3.63) is 12.2 Å². The van der Waals surface area contributed by atoms with Gasteiger partial charge < -0.3 is 0 Å². The molecule has 0 N–H and O–H groups in total. The lowest BCUT2D eigenvalue weighted by atomic mass is 9.96. The largest absolute Gasteiger partial charge is 0.300 e. The lowest BCUT2D eigenvalue weighted by Gasteiger charge is -2.11. The van der Waals surface area contributed by atoms with Crippen LogP contribution in [0.5, 0.6) is 0 Å². The summed E-state index contributed by atoms with van der Waals surface area (Å²) < 4.78 is 1.80. The number of carbonyl (C=O) groups is 1. The van der Waals surface area contributed by atoms with E-state index >= 15 is 0 Å². The molecule has 1 unspecified atom stereocenters. The van der Waals surface area contributed by atoms with Crippen molar-refractivity contribution < 1.29 is 4.79 Å². The van der Waals surface area contributed by atoms with Gasteiger partial charge in [-0.2, -0.15) is 5.10 Å². The van der Waals surface area contributed by atoms with E-state index in [0.717, 1.165) is 37.9 Å². The van der Waals surface area contributed by atoms with Gasteiger partial charge >= 0.3 is 0 Å². The van der Waals surface area contributed by atoms with Crippen LogP contribution in [0.2, 0.25) is 0 Å². The zero-order valence-corrected chi connectivity index (χ0v) is 9.15. The Morgan fingerprint density at radius 1 is 1.53 bits per heavy atom. The van der Waals surface area contributed by atoms with Crippen molar-refractivity contribution >= 4 is 5.78 Å². The van der Waals surface area contributed by atoms with Gasteiger partial charge in [0.2, 0.25) is 0 Å². The van der Waals surface area contributed by atoms with E-state index in [1.807, 2.05) is 7.05 Å². The lowest BCUT2D eigenvalue weighted by molar-refractivity contribution is -0.119. The number of carbonyl (C=O) groups excluding carboxylic acids is 1. The minimum Gasteiger partial charge on any atom is -0.300 e. The molecule has 2 rings (SSSR count). The van der Waals surface area contributed by atoms with Crippen molar-refractivity contribution in [2.45, 2.75) is 38.5 Å². The Labute approximate surface area is 89.7 Å². The van der Waals surface area contributed by atoms with Gasteiger partial charge in [0.05, 0.1) is 0 Å². The summed E-state index contributed by atoms with van der Waals surface area (Å²) in [5.41, 5.74) is 0. The molecule has 0 spiro atoms. The SMILES string of the molecule is Cn1ncnc1CC1CCCCC(=O)C1. The maximum atomic E-state index is 11.5. The highest BCUT2D eigenvalue weighted by molar-refractivity contribution is 5.78. The summed E-state index contributed by atoms with van der Waals surface area (Å²) in [4.78, 5) is 15.7. The molecule has 82 valence electrons. The van der Waals surface area contributed by atoms with Crippen molar-refractivity contribution in [1.82, 2.24) is 14.8 Å². The molecular formula is C11H17N3O. The molecule has 4 nitrogen and oxygen atoms in total. The molecule has 4 heteroatoms. The summed E-state index contributed by atoms with van der Waals surface area (Å²) in [5, 5.41) is 4.05. The van der Waals surface area contributed by atoms with Gasteiger partial charge in [-0.25, -0.2) is 4.98 Å². The Morgan fingerprint density at radius 3 is 3.13 bits per heavy atom. The Hall–Kier alpha value is -1.19. The number of hydrogen-bond donors (Lipinski definition) is 0. The van der Waals surface area contributed by atoms with E-state index in [0.29, 0.717) is 11.7 Å². The van der Waals surface area contributed by atoms with Gasteiger partial charge in [-0.3, -0.25) is 9.48 Å². The Morgan fingerprint density at radius 2 is 2.40 bits per heavy atom. The third kappa shape index (κ3) is 2.64. The Bertz CT molecular complexity index is 345. The van der Waals surface area contributed by atoms with E-state index in [1.165, 1.54) is 6.42 Å². The van der Waals surface area contributed by atoms with Gasteiger partial charge in [0, 0.05) is 26.3 Å². The van der Waals surface area contributed by atoms with Crippen LogP contribution in [0.4, 0.5) is 0 Å².